The highest BCUT2D eigenvalue weighted by Gasteiger charge is 2.21. The van der Waals surface area contributed by atoms with Crippen molar-refractivity contribution in [3.63, 3.8) is 0 Å². The van der Waals surface area contributed by atoms with Gasteiger partial charge in [0.25, 0.3) is 0 Å². The Morgan fingerprint density at radius 1 is 1.60 bits per heavy atom. The molecule has 60 valence electrons. The lowest BCUT2D eigenvalue weighted by atomic mass is 10.2. The van der Waals surface area contributed by atoms with Crippen molar-refractivity contribution in [1.29, 1.82) is 0 Å². The van der Waals surface area contributed by atoms with E-state index in [0.29, 0.717) is 0 Å². The molecule has 1 aliphatic heterocycles. The number of halogens is 1. The van der Waals surface area contributed by atoms with Crippen molar-refractivity contribution in [1.82, 2.24) is 4.90 Å². The van der Waals surface area contributed by atoms with Crippen LogP contribution in [0.2, 0.25) is 0 Å². The Morgan fingerprint density at radius 2 is 2.30 bits per heavy atom. The van der Waals surface area contributed by atoms with Crippen molar-refractivity contribution >= 4 is 0 Å². The average molecular weight is 147 g/mol. The fourth-order valence-electron chi connectivity index (χ4n) is 1.36. The molecular weight excluding hydrogens is 133 g/mol. The molecule has 0 N–H and O–H groups in total. The van der Waals surface area contributed by atoms with Gasteiger partial charge < -0.3 is 9.64 Å². The van der Waals surface area contributed by atoms with E-state index in [9.17, 15) is 4.39 Å². The first-order valence-electron chi connectivity index (χ1n) is 3.62. The second-order valence-corrected chi connectivity index (χ2v) is 2.94. The molecule has 0 aromatic heterocycles. The topological polar surface area (TPSA) is 12.5 Å². The lowest BCUT2D eigenvalue weighted by molar-refractivity contribution is -0.0774. The molecule has 0 amide bonds. The highest BCUT2D eigenvalue weighted by atomic mass is 19.1. The molecule has 0 aromatic carbocycles. The molecule has 1 aliphatic rings. The van der Waals surface area contributed by atoms with Gasteiger partial charge in [0, 0.05) is 13.1 Å². The molecule has 0 saturated carbocycles. The molecule has 1 rings (SSSR count). The predicted octanol–water partition coefficient (Wildman–Crippen LogP) is 0.675. The first-order chi connectivity index (χ1) is 4.72. The molecule has 1 saturated heterocycles. The van der Waals surface area contributed by atoms with Crippen LogP contribution in [-0.4, -0.2) is 43.9 Å². The molecular formula is C7H14FNO. The molecule has 0 aliphatic carbocycles. The summed E-state index contributed by atoms with van der Waals surface area (Å²) in [5, 5.41) is 0. The average Bonchev–Trinajstić information content (AvgIpc) is 1.85. The van der Waals surface area contributed by atoms with Gasteiger partial charge in [0.15, 0.2) is 0 Å². The van der Waals surface area contributed by atoms with Gasteiger partial charge in [0.1, 0.15) is 6.67 Å². The van der Waals surface area contributed by atoms with Gasteiger partial charge in [0.2, 0.25) is 0 Å². The number of hydrogen-bond donors (Lipinski definition) is 0. The standard InChI is InChI=1S/C7H14FNO/c1-6-4-9(2)5-7(3-8)10-6/h6-7H,3-5H2,1-2H3. The second kappa shape index (κ2) is 3.30. The fourth-order valence-corrected chi connectivity index (χ4v) is 1.36. The van der Waals surface area contributed by atoms with Gasteiger partial charge in [-0.2, -0.15) is 0 Å². The van der Waals surface area contributed by atoms with E-state index in [-0.39, 0.29) is 18.9 Å². The number of rotatable bonds is 1. The van der Waals surface area contributed by atoms with E-state index in [0.717, 1.165) is 13.1 Å². The largest absolute Gasteiger partial charge is 0.370 e. The second-order valence-electron chi connectivity index (χ2n) is 2.94. The molecule has 1 heterocycles. The lowest BCUT2D eigenvalue weighted by Gasteiger charge is -2.32. The van der Waals surface area contributed by atoms with E-state index in [1.54, 1.807) is 0 Å². The third kappa shape index (κ3) is 1.92. The lowest BCUT2D eigenvalue weighted by Crippen LogP contribution is -2.45. The number of alkyl halides is 1. The van der Waals surface area contributed by atoms with Crippen LogP contribution in [0.3, 0.4) is 0 Å². The van der Waals surface area contributed by atoms with Crippen molar-refractivity contribution < 1.29 is 9.13 Å². The zero-order valence-electron chi connectivity index (χ0n) is 6.51. The fraction of sp³-hybridized carbons (Fsp3) is 1.00. The molecule has 0 radical (unpaired) electrons. The number of nitrogens with zero attached hydrogens (tertiary/aromatic N) is 1. The third-order valence-corrected chi connectivity index (χ3v) is 1.68. The Hall–Kier alpha value is -0.150. The maximum atomic E-state index is 12.1. The minimum Gasteiger partial charge on any atom is -0.370 e. The van der Waals surface area contributed by atoms with Gasteiger partial charge in [-0.1, -0.05) is 0 Å². The van der Waals surface area contributed by atoms with Crippen LogP contribution in [0.25, 0.3) is 0 Å². The predicted molar refractivity (Wildman–Crippen MR) is 37.8 cm³/mol. The van der Waals surface area contributed by atoms with Crippen LogP contribution < -0.4 is 0 Å². The molecule has 2 nitrogen and oxygen atoms in total. The molecule has 0 spiro atoms. The zero-order chi connectivity index (χ0) is 7.56. The van der Waals surface area contributed by atoms with Gasteiger partial charge in [-0.05, 0) is 14.0 Å². The molecule has 3 heteroatoms. The highest BCUT2D eigenvalue weighted by molar-refractivity contribution is 4.72. The highest BCUT2D eigenvalue weighted by Crippen LogP contribution is 2.08. The summed E-state index contributed by atoms with van der Waals surface area (Å²) >= 11 is 0. The van der Waals surface area contributed by atoms with E-state index < -0.39 is 0 Å². The summed E-state index contributed by atoms with van der Waals surface area (Å²) in [6, 6.07) is 0. The molecule has 0 aromatic rings. The van der Waals surface area contributed by atoms with Crippen LogP contribution in [0, 0.1) is 0 Å². The van der Waals surface area contributed by atoms with Crippen molar-refractivity contribution in [2.75, 3.05) is 26.8 Å². The van der Waals surface area contributed by atoms with E-state index >= 15 is 0 Å². The summed E-state index contributed by atoms with van der Waals surface area (Å²) in [6.07, 6.45) is -0.0201. The van der Waals surface area contributed by atoms with Gasteiger partial charge >= 0.3 is 0 Å². The number of hydrogen-bond acceptors (Lipinski definition) is 2. The van der Waals surface area contributed by atoms with Crippen molar-refractivity contribution in [3.05, 3.63) is 0 Å². The minimum absolute atomic E-state index is 0.180. The SMILES string of the molecule is CC1CN(C)CC(CF)O1. The molecule has 10 heavy (non-hydrogen) atoms. The van der Waals surface area contributed by atoms with Gasteiger partial charge in [-0.25, -0.2) is 4.39 Å². The number of ether oxygens (including phenoxy) is 1. The molecule has 2 unspecified atom stereocenters. The van der Waals surface area contributed by atoms with Crippen LogP contribution in [0.4, 0.5) is 4.39 Å². The Kier molecular flexibility index (Phi) is 2.63. The Labute approximate surface area is 61.0 Å². The van der Waals surface area contributed by atoms with E-state index in [2.05, 4.69) is 4.90 Å². The summed E-state index contributed by atoms with van der Waals surface area (Å²) in [6.45, 7) is 3.24. The monoisotopic (exact) mass is 147 g/mol. The minimum atomic E-state index is -0.366. The number of morpholine rings is 1. The van der Waals surface area contributed by atoms with Crippen LogP contribution in [0.15, 0.2) is 0 Å². The Bertz CT molecular complexity index is 99.8. The Morgan fingerprint density at radius 3 is 2.80 bits per heavy atom. The van der Waals surface area contributed by atoms with Gasteiger partial charge in [0.05, 0.1) is 12.2 Å². The van der Waals surface area contributed by atoms with Crippen molar-refractivity contribution in [2.24, 2.45) is 0 Å². The first-order valence-corrected chi connectivity index (χ1v) is 3.62. The molecule has 1 fully saturated rings. The third-order valence-electron chi connectivity index (χ3n) is 1.68. The summed E-state index contributed by atoms with van der Waals surface area (Å²) in [7, 11) is 1.99. The van der Waals surface area contributed by atoms with Crippen LogP contribution in [-0.2, 0) is 4.74 Å². The van der Waals surface area contributed by atoms with Crippen LogP contribution in [0.1, 0.15) is 6.92 Å². The van der Waals surface area contributed by atoms with E-state index in [4.69, 9.17) is 4.74 Å². The summed E-state index contributed by atoms with van der Waals surface area (Å²) < 4.78 is 17.4. The normalized spacial score (nSPS) is 36.3. The maximum Gasteiger partial charge on any atom is 0.117 e. The quantitative estimate of drug-likeness (QED) is 0.540. The molecule has 0 bridgehead atoms. The van der Waals surface area contributed by atoms with E-state index in [1.807, 2.05) is 14.0 Å². The number of likely N-dealkylation sites (N-methyl/N-ethyl adjacent to an activating group) is 1. The zero-order valence-corrected chi connectivity index (χ0v) is 6.51. The van der Waals surface area contributed by atoms with Crippen LogP contribution >= 0.6 is 0 Å². The maximum absolute atomic E-state index is 12.1. The Balaban J connectivity index is 2.35. The summed E-state index contributed by atoms with van der Waals surface area (Å²) in [4.78, 5) is 2.10. The summed E-state index contributed by atoms with van der Waals surface area (Å²) in [5.74, 6) is 0. The van der Waals surface area contributed by atoms with Gasteiger partial charge in [-0.3, -0.25) is 0 Å². The van der Waals surface area contributed by atoms with E-state index in [1.165, 1.54) is 0 Å². The van der Waals surface area contributed by atoms with Crippen molar-refractivity contribution in [2.45, 2.75) is 19.1 Å². The first kappa shape index (κ1) is 7.95. The van der Waals surface area contributed by atoms with Crippen molar-refractivity contribution in [3.8, 4) is 0 Å². The molecule has 2 atom stereocenters. The smallest absolute Gasteiger partial charge is 0.117 e. The van der Waals surface area contributed by atoms with Crippen LogP contribution in [0.5, 0.6) is 0 Å². The van der Waals surface area contributed by atoms with Gasteiger partial charge in [-0.15, -0.1) is 0 Å². The summed E-state index contributed by atoms with van der Waals surface area (Å²) in [5.41, 5.74) is 0.